The molecule has 0 unspecified atom stereocenters. The minimum Gasteiger partial charge on any atom is -0.406 e. The van der Waals surface area contributed by atoms with Gasteiger partial charge >= 0.3 is 6.09 Å². The van der Waals surface area contributed by atoms with Crippen LogP contribution in [0.1, 0.15) is 5.56 Å². The molecule has 0 bridgehead atoms. The average Bonchev–Trinajstić information content (AvgIpc) is 2.77. The molecule has 3 aromatic rings. The Morgan fingerprint density at radius 3 is 2.17 bits per heavy atom. The molecule has 7 nitrogen and oxygen atoms in total. The number of carbonyl (C=O) groups is 1. The van der Waals surface area contributed by atoms with Crippen molar-refractivity contribution >= 4 is 6.09 Å². The third-order valence-electron chi connectivity index (χ3n) is 4.74. The highest BCUT2D eigenvalue weighted by atomic mass is 16.6. The lowest BCUT2D eigenvalue weighted by molar-refractivity contribution is 0.0828. The average molecular weight is 389 g/mol. The fraction of sp³-hybridized carbons (Fsp3) is 0.227. The van der Waals surface area contributed by atoms with Gasteiger partial charge in [0.2, 0.25) is 0 Å². The van der Waals surface area contributed by atoms with E-state index in [0.717, 1.165) is 38.3 Å². The maximum atomic E-state index is 12.2. The zero-order valence-corrected chi connectivity index (χ0v) is 16.1. The fourth-order valence-corrected chi connectivity index (χ4v) is 3.22. The number of amides is 1. The Labute approximate surface area is 169 Å². The van der Waals surface area contributed by atoms with Crippen molar-refractivity contribution in [3.8, 4) is 17.1 Å². The predicted molar refractivity (Wildman–Crippen MR) is 110 cm³/mol. The van der Waals surface area contributed by atoms with Crippen molar-refractivity contribution in [3.05, 3.63) is 78.6 Å². The van der Waals surface area contributed by atoms with Gasteiger partial charge in [-0.15, -0.1) is 0 Å². The SMILES string of the molecule is O=C(NN1CCN(Cc2ccccc2)CC1)Oc1cnc(-c2ccccc2)nc1. The Bertz CT molecular complexity index is 911. The summed E-state index contributed by atoms with van der Waals surface area (Å²) >= 11 is 0. The third-order valence-corrected chi connectivity index (χ3v) is 4.74. The van der Waals surface area contributed by atoms with E-state index < -0.39 is 6.09 Å². The molecule has 4 rings (SSSR count). The van der Waals surface area contributed by atoms with E-state index in [2.05, 4.69) is 44.6 Å². The van der Waals surface area contributed by atoms with Crippen LogP contribution in [0, 0.1) is 0 Å². The van der Waals surface area contributed by atoms with E-state index in [0.29, 0.717) is 11.6 Å². The number of nitrogens with zero attached hydrogens (tertiary/aromatic N) is 4. The van der Waals surface area contributed by atoms with Crippen molar-refractivity contribution in [2.24, 2.45) is 0 Å². The molecule has 1 aliphatic rings. The highest BCUT2D eigenvalue weighted by Crippen LogP contribution is 2.16. The summed E-state index contributed by atoms with van der Waals surface area (Å²) in [5.74, 6) is 0.901. The van der Waals surface area contributed by atoms with Gasteiger partial charge in [-0.05, 0) is 5.56 Å². The molecule has 7 heteroatoms. The van der Waals surface area contributed by atoms with Crippen molar-refractivity contribution < 1.29 is 9.53 Å². The van der Waals surface area contributed by atoms with Crippen molar-refractivity contribution in [2.75, 3.05) is 26.2 Å². The molecule has 1 aliphatic heterocycles. The molecule has 1 N–H and O–H groups in total. The standard InChI is InChI=1S/C22H23N5O2/c28-22(29-20-15-23-21(24-16-20)19-9-5-2-6-10-19)25-27-13-11-26(12-14-27)17-18-7-3-1-4-8-18/h1-10,15-16H,11-14,17H2,(H,25,28). The van der Waals surface area contributed by atoms with Gasteiger partial charge in [0.15, 0.2) is 11.6 Å². The van der Waals surface area contributed by atoms with Crippen LogP contribution in [0.5, 0.6) is 5.75 Å². The molecule has 0 spiro atoms. The van der Waals surface area contributed by atoms with Gasteiger partial charge in [-0.25, -0.2) is 19.8 Å². The first kappa shape index (κ1) is 19.0. The van der Waals surface area contributed by atoms with E-state index in [9.17, 15) is 4.79 Å². The van der Waals surface area contributed by atoms with Crippen molar-refractivity contribution in [3.63, 3.8) is 0 Å². The highest BCUT2D eigenvalue weighted by Gasteiger charge is 2.19. The lowest BCUT2D eigenvalue weighted by atomic mass is 10.2. The largest absolute Gasteiger partial charge is 0.427 e. The van der Waals surface area contributed by atoms with E-state index >= 15 is 0 Å². The normalized spacial score (nSPS) is 15.0. The molecule has 1 fully saturated rings. The molecule has 0 radical (unpaired) electrons. The molecule has 0 saturated carbocycles. The van der Waals surface area contributed by atoms with Crippen molar-refractivity contribution in [2.45, 2.75) is 6.54 Å². The van der Waals surface area contributed by atoms with Gasteiger partial charge in [0.1, 0.15) is 0 Å². The summed E-state index contributed by atoms with van der Waals surface area (Å²) < 4.78 is 5.30. The summed E-state index contributed by atoms with van der Waals surface area (Å²) in [6, 6.07) is 20.1. The number of hydrogen-bond donors (Lipinski definition) is 1. The number of ether oxygens (including phenoxy) is 1. The minimum absolute atomic E-state index is 0.310. The van der Waals surface area contributed by atoms with Crippen LogP contribution in [-0.2, 0) is 6.54 Å². The quantitative estimate of drug-likeness (QED) is 0.724. The third kappa shape index (κ3) is 5.37. The van der Waals surface area contributed by atoms with Crippen molar-refractivity contribution in [1.29, 1.82) is 0 Å². The van der Waals surface area contributed by atoms with E-state index in [1.165, 1.54) is 18.0 Å². The maximum Gasteiger partial charge on any atom is 0.427 e. The Morgan fingerprint density at radius 1 is 0.897 bits per heavy atom. The maximum absolute atomic E-state index is 12.2. The fourth-order valence-electron chi connectivity index (χ4n) is 3.22. The van der Waals surface area contributed by atoms with E-state index in [4.69, 9.17) is 4.74 Å². The first-order valence-electron chi connectivity index (χ1n) is 9.63. The number of carbonyl (C=O) groups excluding carboxylic acids is 1. The van der Waals surface area contributed by atoms with E-state index in [1.807, 2.05) is 41.4 Å². The summed E-state index contributed by atoms with van der Waals surface area (Å²) in [6.07, 6.45) is 2.48. The molecular weight excluding hydrogens is 366 g/mol. The number of aromatic nitrogens is 2. The zero-order chi connectivity index (χ0) is 19.9. The number of nitrogens with one attached hydrogen (secondary N) is 1. The van der Waals surface area contributed by atoms with Crippen LogP contribution in [0.15, 0.2) is 73.1 Å². The number of hydrogen-bond acceptors (Lipinski definition) is 6. The second-order valence-electron chi connectivity index (χ2n) is 6.86. The van der Waals surface area contributed by atoms with Crippen LogP contribution in [0.3, 0.4) is 0 Å². The minimum atomic E-state index is -0.530. The second kappa shape index (κ2) is 9.27. The topological polar surface area (TPSA) is 70.6 Å². The molecule has 2 heterocycles. The molecule has 1 saturated heterocycles. The Hall–Kier alpha value is -3.29. The molecule has 148 valence electrons. The Kier molecular flexibility index (Phi) is 6.09. The molecule has 0 atom stereocenters. The number of hydrazine groups is 1. The van der Waals surface area contributed by atoms with Gasteiger partial charge in [-0.1, -0.05) is 60.7 Å². The number of piperazine rings is 1. The molecule has 2 aromatic carbocycles. The molecule has 29 heavy (non-hydrogen) atoms. The summed E-state index contributed by atoms with van der Waals surface area (Å²) in [4.78, 5) is 23.1. The van der Waals surface area contributed by atoms with Gasteiger partial charge in [0, 0.05) is 38.3 Å². The van der Waals surface area contributed by atoms with Crippen LogP contribution < -0.4 is 10.2 Å². The lowest BCUT2D eigenvalue weighted by Crippen LogP contribution is -2.53. The lowest BCUT2D eigenvalue weighted by Gasteiger charge is -2.34. The summed E-state index contributed by atoms with van der Waals surface area (Å²) in [5.41, 5.74) is 5.00. The first-order chi connectivity index (χ1) is 14.3. The Morgan fingerprint density at radius 2 is 1.52 bits per heavy atom. The number of rotatable bonds is 5. The zero-order valence-electron chi connectivity index (χ0n) is 16.1. The van der Waals surface area contributed by atoms with E-state index in [-0.39, 0.29) is 0 Å². The van der Waals surface area contributed by atoms with Crippen LogP contribution in [-0.4, -0.2) is 52.1 Å². The van der Waals surface area contributed by atoms with Crippen LogP contribution in [0.4, 0.5) is 4.79 Å². The van der Waals surface area contributed by atoms with Crippen LogP contribution >= 0.6 is 0 Å². The summed E-state index contributed by atoms with van der Waals surface area (Å²) in [6.45, 7) is 4.16. The first-order valence-corrected chi connectivity index (χ1v) is 9.63. The van der Waals surface area contributed by atoms with Gasteiger partial charge in [0.05, 0.1) is 12.4 Å². The molecular formula is C22H23N5O2. The predicted octanol–water partition coefficient (Wildman–Crippen LogP) is 2.96. The van der Waals surface area contributed by atoms with Gasteiger partial charge < -0.3 is 4.74 Å². The van der Waals surface area contributed by atoms with Crippen molar-refractivity contribution in [1.82, 2.24) is 25.3 Å². The smallest absolute Gasteiger partial charge is 0.406 e. The Balaban J connectivity index is 1.23. The summed E-state index contributed by atoms with van der Waals surface area (Å²) in [5, 5.41) is 1.88. The summed E-state index contributed by atoms with van der Waals surface area (Å²) in [7, 11) is 0. The van der Waals surface area contributed by atoms with E-state index in [1.54, 1.807) is 0 Å². The highest BCUT2D eigenvalue weighted by molar-refractivity contribution is 5.69. The van der Waals surface area contributed by atoms with Crippen LogP contribution in [0.25, 0.3) is 11.4 Å². The molecule has 1 amide bonds. The van der Waals surface area contributed by atoms with Gasteiger partial charge in [-0.3, -0.25) is 10.3 Å². The van der Waals surface area contributed by atoms with Crippen LogP contribution in [0.2, 0.25) is 0 Å². The van der Waals surface area contributed by atoms with Gasteiger partial charge in [-0.2, -0.15) is 0 Å². The number of benzene rings is 2. The van der Waals surface area contributed by atoms with Gasteiger partial charge in [0.25, 0.3) is 0 Å². The second-order valence-corrected chi connectivity index (χ2v) is 6.86. The molecule has 0 aliphatic carbocycles. The monoisotopic (exact) mass is 389 g/mol. The molecule has 1 aromatic heterocycles.